The van der Waals surface area contributed by atoms with Crippen LogP contribution in [0.1, 0.15) is 30.1 Å². The maximum absolute atomic E-state index is 11.8. The van der Waals surface area contributed by atoms with Crippen molar-refractivity contribution in [2.24, 2.45) is 0 Å². The molecule has 1 aromatic rings. The minimum Gasteiger partial charge on any atom is -0.388 e. The van der Waals surface area contributed by atoms with Crippen LogP contribution in [0.5, 0.6) is 0 Å². The Morgan fingerprint density at radius 3 is 2.70 bits per heavy atom. The Balaban J connectivity index is 2.20. The van der Waals surface area contributed by atoms with Crippen molar-refractivity contribution in [2.45, 2.75) is 25.4 Å². The van der Waals surface area contributed by atoms with Crippen LogP contribution in [0.2, 0.25) is 0 Å². The first-order chi connectivity index (χ1) is 9.41. The Kier molecular flexibility index (Phi) is 4.83. The number of likely N-dealkylation sites (N-methyl/N-ethyl adjacent to an activating group) is 1. The summed E-state index contributed by atoms with van der Waals surface area (Å²) in [6, 6.07) is 5.64. The molecule has 0 aromatic heterocycles. The van der Waals surface area contributed by atoms with Crippen LogP contribution >= 0.6 is 15.9 Å². The highest BCUT2D eigenvalue weighted by Gasteiger charge is 2.31. The van der Waals surface area contributed by atoms with Crippen molar-refractivity contribution in [1.29, 1.82) is 0 Å². The fourth-order valence-corrected chi connectivity index (χ4v) is 2.92. The van der Waals surface area contributed by atoms with Crippen LogP contribution in [0, 0.1) is 0 Å². The maximum atomic E-state index is 11.8. The first kappa shape index (κ1) is 15.5. The molecule has 1 fully saturated rings. The third-order valence-corrected chi connectivity index (χ3v) is 4.20. The summed E-state index contributed by atoms with van der Waals surface area (Å²) in [5, 5.41) is 10.6. The van der Waals surface area contributed by atoms with Gasteiger partial charge in [-0.25, -0.2) is 0 Å². The van der Waals surface area contributed by atoms with Crippen molar-refractivity contribution in [3.05, 3.63) is 28.2 Å². The molecule has 1 aliphatic rings. The summed E-state index contributed by atoms with van der Waals surface area (Å²) in [6.07, 6.45) is 1.26. The molecule has 0 radical (unpaired) electrons. The van der Waals surface area contributed by atoms with Crippen LogP contribution in [-0.4, -0.2) is 43.3 Å². The van der Waals surface area contributed by atoms with Gasteiger partial charge in [-0.1, -0.05) is 15.9 Å². The third kappa shape index (κ3) is 3.59. The van der Waals surface area contributed by atoms with Crippen LogP contribution in [0.15, 0.2) is 22.7 Å². The quantitative estimate of drug-likeness (QED) is 0.855. The van der Waals surface area contributed by atoms with Crippen molar-refractivity contribution in [3.8, 4) is 0 Å². The lowest BCUT2D eigenvalue weighted by Crippen LogP contribution is -2.46. The fraction of sp³-hybridized carbons (Fsp3) is 0.533. The van der Waals surface area contributed by atoms with Crippen LogP contribution in [0.25, 0.3) is 0 Å². The number of ether oxygens (including phenoxy) is 1. The third-order valence-electron chi connectivity index (χ3n) is 3.70. The molecular formula is C15H20BrNO3. The Morgan fingerprint density at radius 2 is 2.10 bits per heavy atom. The summed E-state index contributed by atoms with van der Waals surface area (Å²) >= 11 is 3.39. The Morgan fingerprint density at radius 1 is 1.45 bits per heavy atom. The summed E-state index contributed by atoms with van der Waals surface area (Å²) in [4.78, 5) is 13.7. The van der Waals surface area contributed by atoms with Gasteiger partial charge < -0.3 is 14.7 Å². The number of rotatable bonds is 4. The first-order valence-electron chi connectivity index (χ1n) is 6.73. The number of hydrogen-bond donors (Lipinski definition) is 1. The molecule has 1 saturated heterocycles. The van der Waals surface area contributed by atoms with E-state index in [1.807, 2.05) is 30.1 Å². The van der Waals surface area contributed by atoms with E-state index in [9.17, 15) is 9.90 Å². The van der Waals surface area contributed by atoms with E-state index in [2.05, 4.69) is 15.9 Å². The van der Waals surface area contributed by atoms with Gasteiger partial charge in [0.2, 0.25) is 0 Å². The number of aliphatic hydroxyl groups is 1. The van der Waals surface area contributed by atoms with Gasteiger partial charge in [0.05, 0.1) is 5.60 Å². The number of halogens is 1. The van der Waals surface area contributed by atoms with Gasteiger partial charge in [0.25, 0.3) is 0 Å². The highest BCUT2D eigenvalue weighted by Crippen LogP contribution is 2.28. The molecule has 1 heterocycles. The molecule has 110 valence electrons. The lowest BCUT2D eigenvalue weighted by molar-refractivity contribution is -0.0572. The van der Waals surface area contributed by atoms with E-state index in [1.54, 1.807) is 6.92 Å². The fourth-order valence-electron chi connectivity index (χ4n) is 2.56. The zero-order valence-electron chi connectivity index (χ0n) is 11.9. The van der Waals surface area contributed by atoms with Gasteiger partial charge in [-0.2, -0.15) is 0 Å². The van der Waals surface area contributed by atoms with E-state index in [4.69, 9.17) is 4.74 Å². The second-order valence-corrected chi connectivity index (χ2v) is 6.33. The number of ketones is 1. The number of hydrogen-bond acceptors (Lipinski definition) is 4. The normalized spacial score (nSPS) is 17.8. The summed E-state index contributed by atoms with van der Waals surface area (Å²) < 4.78 is 6.17. The monoisotopic (exact) mass is 341 g/mol. The lowest BCUT2D eigenvalue weighted by atomic mass is 9.93. The van der Waals surface area contributed by atoms with Crippen LogP contribution in [0.3, 0.4) is 0 Å². The van der Waals surface area contributed by atoms with Crippen molar-refractivity contribution in [2.75, 3.05) is 31.7 Å². The zero-order valence-corrected chi connectivity index (χ0v) is 13.4. The van der Waals surface area contributed by atoms with Crippen molar-refractivity contribution >= 4 is 27.4 Å². The Bertz CT molecular complexity index is 498. The second kappa shape index (κ2) is 6.24. The van der Waals surface area contributed by atoms with Crippen molar-refractivity contribution in [1.82, 2.24) is 0 Å². The molecule has 0 unspecified atom stereocenters. The molecule has 1 aromatic carbocycles. The van der Waals surface area contributed by atoms with Gasteiger partial charge in [0.1, 0.15) is 0 Å². The molecule has 1 aliphatic heterocycles. The molecule has 5 heteroatoms. The zero-order chi connectivity index (χ0) is 14.8. The number of Topliss-reactive ketones (excluding diaryl/α,β-unsaturated/α-hetero) is 1. The highest BCUT2D eigenvalue weighted by molar-refractivity contribution is 9.10. The summed E-state index contributed by atoms with van der Waals surface area (Å²) in [5.41, 5.74) is 0.770. The molecule has 4 nitrogen and oxygen atoms in total. The molecule has 0 spiro atoms. The van der Waals surface area contributed by atoms with Crippen LogP contribution in [0.4, 0.5) is 5.69 Å². The molecule has 0 amide bonds. The van der Waals surface area contributed by atoms with Crippen molar-refractivity contribution < 1.29 is 14.6 Å². The number of carbonyl (C=O) groups excluding carboxylic acids is 1. The second-order valence-electron chi connectivity index (χ2n) is 5.41. The molecule has 0 saturated carbocycles. The molecule has 0 atom stereocenters. The van der Waals surface area contributed by atoms with E-state index in [1.165, 1.54) is 0 Å². The lowest BCUT2D eigenvalue weighted by Gasteiger charge is -2.36. The summed E-state index contributed by atoms with van der Waals surface area (Å²) in [7, 11) is 1.91. The number of benzene rings is 1. The molecule has 0 bridgehead atoms. The van der Waals surface area contributed by atoms with Crippen molar-refractivity contribution in [3.63, 3.8) is 0 Å². The van der Waals surface area contributed by atoms with Crippen LogP contribution in [-0.2, 0) is 4.74 Å². The number of nitrogens with zero attached hydrogens (tertiary/aromatic N) is 1. The largest absolute Gasteiger partial charge is 0.388 e. The minimum atomic E-state index is -0.742. The van der Waals surface area contributed by atoms with E-state index in [0.717, 1.165) is 10.2 Å². The highest BCUT2D eigenvalue weighted by atomic mass is 79.9. The van der Waals surface area contributed by atoms with Gasteiger partial charge in [-0.15, -0.1) is 0 Å². The van der Waals surface area contributed by atoms with Gasteiger partial charge in [0, 0.05) is 55.4 Å². The minimum absolute atomic E-state index is 0.0205. The van der Waals surface area contributed by atoms with E-state index >= 15 is 0 Å². The van der Waals surface area contributed by atoms with Gasteiger partial charge in [-0.05, 0) is 25.1 Å². The smallest absolute Gasteiger partial charge is 0.161 e. The van der Waals surface area contributed by atoms with Gasteiger partial charge >= 0.3 is 0 Å². The predicted molar refractivity (Wildman–Crippen MR) is 82.4 cm³/mol. The number of carbonyl (C=O) groups is 1. The SMILES string of the molecule is CC(=O)c1cc(Br)ccc1N(C)CC1(O)CCOCC1. The molecule has 2 rings (SSSR count). The topological polar surface area (TPSA) is 49.8 Å². The predicted octanol–water partition coefficient (Wildman–Crippen LogP) is 2.63. The van der Waals surface area contributed by atoms with E-state index in [0.29, 0.717) is 38.2 Å². The average Bonchev–Trinajstić information content (AvgIpc) is 2.38. The Hall–Kier alpha value is -0.910. The Labute approximate surface area is 127 Å². The van der Waals surface area contributed by atoms with Gasteiger partial charge in [0.15, 0.2) is 5.78 Å². The first-order valence-corrected chi connectivity index (χ1v) is 7.52. The molecular weight excluding hydrogens is 322 g/mol. The van der Waals surface area contributed by atoms with E-state index in [-0.39, 0.29) is 5.78 Å². The molecule has 1 N–H and O–H groups in total. The molecule has 20 heavy (non-hydrogen) atoms. The maximum Gasteiger partial charge on any atom is 0.161 e. The van der Waals surface area contributed by atoms with E-state index < -0.39 is 5.60 Å². The summed E-state index contributed by atoms with van der Waals surface area (Å²) in [6.45, 7) is 3.23. The number of anilines is 1. The average molecular weight is 342 g/mol. The molecule has 0 aliphatic carbocycles. The summed E-state index contributed by atoms with van der Waals surface area (Å²) in [5.74, 6) is 0.0205. The standard InChI is InChI=1S/C15H20BrNO3/c1-11(18)13-9-12(16)3-4-14(13)17(2)10-15(19)5-7-20-8-6-15/h3-4,9,19H,5-8,10H2,1-2H3. The van der Waals surface area contributed by atoms with Gasteiger partial charge in [-0.3, -0.25) is 4.79 Å². The van der Waals surface area contributed by atoms with Crippen LogP contribution < -0.4 is 4.90 Å².